The standard InChI is InChI=1S/C23H27N3O4S2/c1-6-30-19-9-7-17(8-10-19)23-24-18(14-31-23)12-22(27)25-21-13-20(11-15(2)16(21)3)32(28,29)26(4)5/h7-11,13-14H,6,12H2,1-5H3,(H,25,27). The number of aromatic nitrogens is 1. The fourth-order valence-corrected chi connectivity index (χ4v) is 4.90. The molecule has 170 valence electrons. The van der Waals surface area contributed by atoms with Crippen LogP contribution in [0.2, 0.25) is 0 Å². The molecule has 0 spiro atoms. The normalized spacial score (nSPS) is 11.6. The molecule has 32 heavy (non-hydrogen) atoms. The Morgan fingerprint density at radius 2 is 1.84 bits per heavy atom. The van der Waals surface area contributed by atoms with E-state index in [2.05, 4.69) is 10.3 Å². The zero-order valence-electron chi connectivity index (χ0n) is 18.8. The summed E-state index contributed by atoms with van der Waals surface area (Å²) >= 11 is 1.47. The summed E-state index contributed by atoms with van der Waals surface area (Å²) in [6.07, 6.45) is 0.0939. The summed E-state index contributed by atoms with van der Waals surface area (Å²) < 4.78 is 31.6. The Bertz CT molecular complexity index is 1220. The van der Waals surface area contributed by atoms with Gasteiger partial charge in [0.2, 0.25) is 15.9 Å². The molecule has 3 aromatic rings. The molecule has 0 fully saturated rings. The Labute approximate surface area is 193 Å². The van der Waals surface area contributed by atoms with Crippen molar-refractivity contribution in [2.45, 2.75) is 32.1 Å². The predicted octanol–water partition coefficient (Wildman–Crippen LogP) is 4.26. The van der Waals surface area contributed by atoms with E-state index in [9.17, 15) is 13.2 Å². The Morgan fingerprint density at radius 1 is 1.16 bits per heavy atom. The number of nitrogens with one attached hydrogen (secondary N) is 1. The van der Waals surface area contributed by atoms with E-state index in [1.165, 1.54) is 31.5 Å². The van der Waals surface area contributed by atoms with Crippen molar-refractivity contribution in [2.75, 3.05) is 26.0 Å². The molecule has 1 heterocycles. The summed E-state index contributed by atoms with van der Waals surface area (Å²) in [6, 6.07) is 10.8. The molecule has 9 heteroatoms. The molecule has 2 aromatic carbocycles. The van der Waals surface area contributed by atoms with Gasteiger partial charge in [-0.3, -0.25) is 4.79 Å². The van der Waals surface area contributed by atoms with Crippen LogP contribution in [0.1, 0.15) is 23.7 Å². The largest absolute Gasteiger partial charge is 0.494 e. The van der Waals surface area contributed by atoms with Gasteiger partial charge in [0.05, 0.1) is 23.6 Å². The molecular weight excluding hydrogens is 446 g/mol. The van der Waals surface area contributed by atoms with Crippen molar-refractivity contribution >= 4 is 33.0 Å². The van der Waals surface area contributed by atoms with Crippen LogP contribution in [0.3, 0.4) is 0 Å². The van der Waals surface area contributed by atoms with Crippen molar-refractivity contribution in [1.82, 2.24) is 9.29 Å². The van der Waals surface area contributed by atoms with Crippen molar-refractivity contribution in [1.29, 1.82) is 0 Å². The van der Waals surface area contributed by atoms with Gasteiger partial charge in [-0.2, -0.15) is 0 Å². The summed E-state index contributed by atoms with van der Waals surface area (Å²) in [7, 11) is -0.647. The Balaban J connectivity index is 1.75. The summed E-state index contributed by atoms with van der Waals surface area (Å²) in [5.41, 5.74) is 3.71. The number of hydrogen-bond donors (Lipinski definition) is 1. The number of hydrogen-bond acceptors (Lipinski definition) is 6. The maximum atomic E-state index is 12.7. The molecule has 3 rings (SSSR count). The molecule has 0 aliphatic rings. The van der Waals surface area contributed by atoms with E-state index in [1.807, 2.05) is 50.4 Å². The molecule has 0 saturated heterocycles. The van der Waals surface area contributed by atoms with E-state index in [-0.39, 0.29) is 17.2 Å². The van der Waals surface area contributed by atoms with Gasteiger partial charge in [-0.05, 0) is 68.3 Å². The molecule has 0 aliphatic carbocycles. The van der Waals surface area contributed by atoms with E-state index in [0.29, 0.717) is 18.0 Å². The number of ether oxygens (including phenoxy) is 1. The Morgan fingerprint density at radius 3 is 2.47 bits per heavy atom. The van der Waals surface area contributed by atoms with Gasteiger partial charge in [-0.1, -0.05) is 0 Å². The molecule has 1 aromatic heterocycles. The number of amides is 1. The maximum absolute atomic E-state index is 12.7. The van der Waals surface area contributed by atoms with Gasteiger partial charge in [0.25, 0.3) is 0 Å². The van der Waals surface area contributed by atoms with Gasteiger partial charge in [0.15, 0.2) is 0 Å². The summed E-state index contributed by atoms with van der Waals surface area (Å²) in [6.45, 7) is 6.22. The second-order valence-corrected chi connectivity index (χ2v) is 10.5. The van der Waals surface area contributed by atoms with E-state index in [0.717, 1.165) is 31.8 Å². The first-order valence-corrected chi connectivity index (χ1v) is 12.4. The van der Waals surface area contributed by atoms with Crippen LogP contribution < -0.4 is 10.1 Å². The van der Waals surface area contributed by atoms with Crippen LogP contribution in [0.4, 0.5) is 5.69 Å². The first-order chi connectivity index (χ1) is 15.1. The number of sulfonamides is 1. The first-order valence-electron chi connectivity index (χ1n) is 10.1. The van der Waals surface area contributed by atoms with E-state index >= 15 is 0 Å². The number of carbonyl (C=O) groups is 1. The van der Waals surface area contributed by atoms with Gasteiger partial charge in [0, 0.05) is 30.7 Å². The summed E-state index contributed by atoms with van der Waals surface area (Å²) in [5.74, 6) is 0.548. The molecule has 0 aliphatic heterocycles. The molecular formula is C23H27N3O4S2. The number of nitrogens with zero attached hydrogens (tertiary/aromatic N) is 2. The first kappa shape index (κ1) is 23.9. The van der Waals surface area contributed by atoms with Crippen LogP contribution >= 0.6 is 11.3 Å². The second-order valence-electron chi connectivity index (χ2n) is 7.53. The van der Waals surface area contributed by atoms with Crippen LogP contribution in [-0.4, -0.2) is 44.3 Å². The number of rotatable bonds is 8. The van der Waals surface area contributed by atoms with Crippen molar-refractivity contribution in [2.24, 2.45) is 0 Å². The van der Waals surface area contributed by atoms with Crippen molar-refractivity contribution in [3.8, 4) is 16.3 Å². The lowest BCUT2D eigenvalue weighted by molar-refractivity contribution is -0.115. The highest BCUT2D eigenvalue weighted by molar-refractivity contribution is 7.89. The summed E-state index contributed by atoms with van der Waals surface area (Å²) in [4.78, 5) is 17.4. The zero-order chi connectivity index (χ0) is 23.5. The average molecular weight is 474 g/mol. The molecule has 0 saturated carbocycles. The maximum Gasteiger partial charge on any atom is 0.242 e. The highest BCUT2D eigenvalue weighted by atomic mass is 32.2. The minimum Gasteiger partial charge on any atom is -0.494 e. The van der Waals surface area contributed by atoms with Crippen LogP contribution in [0.25, 0.3) is 10.6 Å². The third-order valence-corrected chi connectivity index (χ3v) is 7.73. The van der Waals surface area contributed by atoms with Crippen molar-refractivity contribution < 1.29 is 17.9 Å². The van der Waals surface area contributed by atoms with E-state index in [1.54, 1.807) is 6.07 Å². The number of aryl methyl sites for hydroxylation is 1. The second kappa shape index (κ2) is 9.81. The topological polar surface area (TPSA) is 88.6 Å². The monoisotopic (exact) mass is 473 g/mol. The van der Waals surface area contributed by atoms with Gasteiger partial charge < -0.3 is 10.1 Å². The lowest BCUT2D eigenvalue weighted by Crippen LogP contribution is -2.23. The smallest absolute Gasteiger partial charge is 0.242 e. The molecule has 1 N–H and O–H groups in total. The fraction of sp³-hybridized carbons (Fsp3) is 0.304. The molecule has 0 atom stereocenters. The Kier molecular flexibility index (Phi) is 7.33. The predicted molar refractivity (Wildman–Crippen MR) is 128 cm³/mol. The van der Waals surface area contributed by atoms with Crippen LogP contribution in [0.15, 0.2) is 46.7 Å². The third kappa shape index (κ3) is 5.35. The number of anilines is 1. The van der Waals surface area contributed by atoms with Crippen molar-refractivity contribution in [3.63, 3.8) is 0 Å². The van der Waals surface area contributed by atoms with Gasteiger partial charge in [-0.15, -0.1) is 11.3 Å². The van der Waals surface area contributed by atoms with Crippen LogP contribution in [0.5, 0.6) is 5.75 Å². The van der Waals surface area contributed by atoms with Gasteiger partial charge >= 0.3 is 0 Å². The highest BCUT2D eigenvalue weighted by Gasteiger charge is 2.20. The highest BCUT2D eigenvalue weighted by Crippen LogP contribution is 2.27. The lowest BCUT2D eigenvalue weighted by Gasteiger charge is -2.16. The summed E-state index contributed by atoms with van der Waals surface area (Å²) in [5, 5.41) is 5.53. The van der Waals surface area contributed by atoms with Crippen LogP contribution in [0, 0.1) is 13.8 Å². The number of carbonyl (C=O) groups excluding carboxylic acids is 1. The minimum atomic E-state index is -3.61. The SMILES string of the molecule is CCOc1ccc(-c2nc(CC(=O)Nc3cc(S(=O)(=O)N(C)C)cc(C)c3C)cs2)cc1. The molecule has 1 amide bonds. The van der Waals surface area contributed by atoms with E-state index < -0.39 is 10.0 Å². The van der Waals surface area contributed by atoms with Crippen LogP contribution in [-0.2, 0) is 21.2 Å². The van der Waals surface area contributed by atoms with Crippen molar-refractivity contribution in [3.05, 3.63) is 58.6 Å². The molecule has 0 radical (unpaired) electrons. The third-order valence-electron chi connectivity index (χ3n) is 5.00. The minimum absolute atomic E-state index is 0.0939. The molecule has 7 nitrogen and oxygen atoms in total. The van der Waals surface area contributed by atoms with Gasteiger partial charge in [0.1, 0.15) is 10.8 Å². The zero-order valence-corrected chi connectivity index (χ0v) is 20.4. The van der Waals surface area contributed by atoms with Gasteiger partial charge in [-0.25, -0.2) is 17.7 Å². The average Bonchev–Trinajstić information content (AvgIpc) is 3.20. The molecule has 0 unspecified atom stereocenters. The van der Waals surface area contributed by atoms with E-state index in [4.69, 9.17) is 4.74 Å². The number of benzene rings is 2. The fourth-order valence-electron chi connectivity index (χ4n) is 3.06. The lowest BCUT2D eigenvalue weighted by atomic mass is 10.1. The quantitative estimate of drug-likeness (QED) is 0.528. The molecule has 0 bridgehead atoms. The Hall–Kier alpha value is -2.75. The number of thiazole rings is 1.